The Hall–Kier alpha value is -2.78. The normalized spacial score (nSPS) is 15.0. The van der Waals surface area contributed by atoms with Gasteiger partial charge in [-0.25, -0.2) is 4.79 Å². The summed E-state index contributed by atoms with van der Waals surface area (Å²) in [6.07, 6.45) is -3.06. The van der Waals surface area contributed by atoms with E-state index < -0.39 is 18.1 Å². The number of rotatable bonds is 11. The van der Waals surface area contributed by atoms with E-state index in [9.17, 15) is 18.0 Å². The van der Waals surface area contributed by atoms with Crippen molar-refractivity contribution in [3.05, 3.63) is 54.1 Å². The number of benzene rings is 2. The van der Waals surface area contributed by atoms with E-state index in [4.69, 9.17) is 18.9 Å². The monoisotopic (exact) mass is 454 g/mol. The van der Waals surface area contributed by atoms with Crippen molar-refractivity contribution >= 4 is 5.97 Å². The zero-order valence-electron chi connectivity index (χ0n) is 17.7. The van der Waals surface area contributed by atoms with Crippen LogP contribution in [0.5, 0.6) is 17.2 Å². The van der Waals surface area contributed by atoms with Gasteiger partial charge >= 0.3 is 12.3 Å². The average Bonchev–Trinajstić information content (AvgIpc) is 2.72. The number of carbonyl (C=O) groups excluding carboxylic acids is 1. The topological polar surface area (TPSA) is 63.2 Å². The van der Waals surface area contributed by atoms with Crippen molar-refractivity contribution in [2.24, 2.45) is 5.41 Å². The Bertz CT molecular complexity index is 861. The Balaban J connectivity index is 1.35. The van der Waals surface area contributed by atoms with Crippen LogP contribution in [0.25, 0.3) is 0 Å². The molecule has 0 amide bonds. The van der Waals surface area contributed by atoms with E-state index in [1.165, 1.54) is 12.1 Å². The predicted octanol–water partition coefficient (Wildman–Crippen LogP) is 5.02. The Labute approximate surface area is 184 Å². The molecule has 2 aromatic carbocycles. The summed E-state index contributed by atoms with van der Waals surface area (Å²) in [7, 11) is 0. The van der Waals surface area contributed by atoms with E-state index in [1.54, 1.807) is 24.3 Å². The summed E-state index contributed by atoms with van der Waals surface area (Å²) in [5, 5.41) is 0. The van der Waals surface area contributed by atoms with Crippen molar-refractivity contribution in [3.8, 4) is 17.2 Å². The van der Waals surface area contributed by atoms with Crippen LogP contribution in [0.4, 0.5) is 13.2 Å². The number of halogens is 3. The van der Waals surface area contributed by atoms with Gasteiger partial charge in [0, 0.05) is 12.0 Å². The maximum Gasteiger partial charge on any atom is 0.573 e. The van der Waals surface area contributed by atoms with E-state index in [1.807, 2.05) is 0 Å². The first-order valence-corrected chi connectivity index (χ1v) is 10.2. The summed E-state index contributed by atoms with van der Waals surface area (Å²) in [5.41, 5.74) is 0.444. The van der Waals surface area contributed by atoms with Crippen LogP contribution < -0.4 is 14.2 Å². The molecule has 0 unspecified atom stereocenters. The Morgan fingerprint density at radius 3 is 2.12 bits per heavy atom. The van der Waals surface area contributed by atoms with E-state index in [0.717, 1.165) is 38.2 Å². The fourth-order valence-corrected chi connectivity index (χ4v) is 2.91. The van der Waals surface area contributed by atoms with Crippen LogP contribution in [0.15, 0.2) is 48.5 Å². The molecule has 6 nitrogen and oxygen atoms in total. The molecule has 9 heteroatoms. The van der Waals surface area contributed by atoms with Crippen molar-refractivity contribution in [1.82, 2.24) is 0 Å². The van der Waals surface area contributed by atoms with E-state index in [0.29, 0.717) is 25.6 Å². The molecule has 0 aromatic heterocycles. The number of alkyl halides is 3. The zero-order valence-corrected chi connectivity index (χ0v) is 17.7. The fraction of sp³-hybridized carbons (Fsp3) is 0.435. The van der Waals surface area contributed by atoms with Gasteiger partial charge in [-0.2, -0.15) is 0 Å². The van der Waals surface area contributed by atoms with Crippen LogP contribution in [0.2, 0.25) is 0 Å². The van der Waals surface area contributed by atoms with Crippen LogP contribution in [0.1, 0.15) is 30.1 Å². The van der Waals surface area contributed by atoms with Crippen LogP contribution >= 0.6 is 0 Å². The van der Waals surface area contributed by atoms with Gasteiger partial charge in [0.1, 0.15) is 17.2 Å². The van der Waals surface area contributed by atoms with Gasteiger partial charge < -0.3 is 23.7 Å². The third-order valence-electron chi connectivity index (χ3n) is 4.66. The number of carbonyl (C=O) groups is 1. The van der Waals surface area contributed by atoms with Crippen molar-refractivity contribution in [2.75, 3.05) is 33.0 Å². The molecule has 0 aliphatic carbocycles. The summed E-state index contributed by atoms with van der Waals surface area (Å²) < 4.78 is 62.0. The number of esters is 1. The van der Waals surface area contributed by atoms with Crippen molar-refractivity contribution in [1.29, 1.82) is 0 Å². The molecule has 1 saturated heterocycles. The van der Waals surface area contributed by atoms with Gasteiger partial charge in [-0.15, -0.1) is 13.2 Å². The third-order valence-corrected chi connectivity index (χ3v) is 4.66. The summed E-state index contributed by atoms with van der Waals surface area (Å²) in [6, 6.07) is 11.0. The summed E-state index contributed by atoms with van der Waals surface area (Å²) in [5.74, 6) is -0.308. The standard InChI is InChI=1S/C23H25F3O6/c1-22(15-29-16-22)14-28-12-2-3-13-30-18-6-4-17(5-7-18)21(27)31-19-8-10-20(11-9-19)32-23(24,25)26/h4-11H,2-3,12-16H2,1H3. The molecule has 0 bridgehead atoms. The second-order valence-electron chi connectivity index (χ2n) is 7.84. The predicted molar refractivity (Wildman–Crippen MR) is 109 cm³/mol. The Kier molecular flexibility index (Phi) is 7.98. The number of ether oxygens (including phenoxy) is 5. The van der Waals surface area contributed by atoms with Gasteiger partial charge in [0.25, 0.3) is 0 Å². The van der Waals surface area contributed by atoms with Crippen LogP contribution in [0, 0.1) is 5.41 Å². The fourth-order valence-electron chi connectivity index (χ4n) is 2.91. The largest absolute Gasteiger partial charge is 0.573 e. The van der Waals surface area contributed by atoms with Gasteiger partial charge in [0.15, 0.2) is 0 Å². The molecule has 0 spiro atoms. The molecule has 2 aromatic rings. The van der Waals surface area contributed by atoms with Gasteiger partial charge in [0.2, 0.25) is 0 Å². The smallest absolute Gasteiger partial charge is 0.494 e. The maximum atomic E-state index is 12.2. The van der Waals surface area contributed by atoms with Gasteiger partial charge in [0.05, 0.1) is 32.0 Å². The lowest BCUT2D eigenvalue weighted by Gasteiger charge is -2.37. The summed E-state index contributed by atoms with van der Waals surface area (Å²) in [4.78, 5) is 12.2. The maximum absolute atomic E-state index is 12.2. The SMILES string of the molecule is CC1(COCCCCOc2ccc(C(=O)Oc3ccc(OC(F)(F)F)cc3)cc2)COC1. The van der Waals surface area contributed by atoms with E-state index in [-0.39, 0.29) is 16.7 Å². The second kappa shape index (κ2) is 10.7. The molecule has 3 rings (SSSR count). The highest BCUT2D eigenvalue weighted by molar-refractivity contribution is 5.91. The Morgan fingerprint density at radius 1 is 0.938 bits per heavy atom. The molecule has 1 fully saturated rings. The van der Waals surface area contributed by atoms with Crippen molar-refractivity contribution < 1.29 is 41.7 Å². The van der Waals surface area contributed by atoms with Crippen LogP contribution in [0.3, 0.4) is 0 Å². The lowest BCUT2D eigenvalue weighted by Crippen LogP contribution is -2.43. The van der Waals surface area contributed by atoms with E-state index >= 15 is 0 Å². The molecule has 1 aliphatic rings. The second-order valence-corrected chi connectivity index (χ2v) is 7.84. The first kappa shape index (κ1) is 23.9. The van der Waals surface area contributed by atoms with Crippen LogP contribution in [-0.4, -0.2) is 45.4 Å². The molecule has 0 atom stereocenters. The van der Waals surface area contributed by atoms with Crippen molar-refractivity contribution in [3.63, 3.8) is 0 Å². The highest BCUT2D eigenvalue weighted by Gasteiger charge is 2.33. The summed E-state index contributed by atoms with van der Waals surface area (Å²) >= 11 is 0. The van der Waals surface area contributed by atoms with Gasteiger partial charge in [-0.1, -0.05) is 6.92 Å². The molecule has 0 saturated carbocycles. The number of hydrogen-bond donors (Lipinski definition) is 0. The molecule has 0 N–H and O–H groups in total. The highest BCUT2D eigenvalue weighted by Crippen LogP contribution is 2.27. The van der Waals surface area contributed by atoms with E-state index in [2.05, 4.69) is 11.7 Å². The van der Waals surface area contributed by atoms with Gasteiger partial charge in [-0.3, -0.25) is 0 Å². The first-order chi connectivity index (χ1) is 15.2. The summed E-state index contributed by atoms with van der Waals surface area (Å²) in [6.45, 7) is 5.55. The highest BCUT2D eigenvalue weighted by atomic mass is 19.4. The minimum absolute atomic E-state index is 0.103. The molecule has 1 aliphatic heterocycles. The minimum atomic E-state index is -4.78. The Morgan fingerprint density at radius 2 is 1.53 bits per heavy atom. The lowest BCUT2D eigenvalue weighted by atomic mass is 9.90. The molecule has 32 heavy (non-hydrogen) atoms. The molecule has 1 heterocycles. The number of unbranched alkanes of at least 4 members (excludes halogenated alkanes) is 1. The zero-order chi connectivity index (χ0) is 23.0. The van der Waals surface area contributed by atoms with Crippen molar-refractivity contribution in [2.45, 2.75) is 26.1 Å². The van der Waals surface area contributed by atoms with Gasteiger partial charge in [-0.05, 0) is 61.4 Å². The molecule has 0 radical (unpaired) electrons. The average molecular weight is 454 g/mol. The molecular weight excluding hydrogens is 429 g/mol. The third kappa shape index (κ3) is 7.72. The molecule has 174 valence electrons. The molecular formula is C23H25F3O6. The first-order valence-electron chi connectivity index (χ1n) is 10.2. The minimum Gasteiger partial charge on any atom is -0.494 e. The quantitative estimate of drug-likeness (QED) is 0.270. The lowest BCUT2D eigenvalue weighted by molar-refractivity contribution is -0.274. The van der Waals surface area contributed by atoms with Crippen LogP contribution in [-0.2, 0) is 9.47 Å². The number of hydrogen-bond acceptors (Lipinski definition) is 6.